The number of carbonyl (C=O) groups is 2. The van der Waals surface area contributed by atoms with E-state index in [4.69, 9.17) is 4.74 Å². The first kappa shape index (κ1) is 19.0. The molecule has 1 saturated heterocycles. The molecule has 1 aliphatic heterocycles. The third-order valence-corrected chi connectivity index (χ3v) is 4.68. The Morgan fingerprint density at radius 3 is 1.93 bits per heavy atom. The summed E-state index contributed by atoms with van der Waals surface area (Å²) in [6, 6.07) is 15.0. The molecule has 0 radical (unpaired) electrons. The second kappa shape index (κ2) is 8.25. The molecule has 1 aliphatic rings. The van der Waals surface area contributed by atoms with Gasteiger partial charge in [-0.15, -0.1) is 0 Å². The van der Waals surface area contributed by atoms with Crippen LogP contribution in [0.2, 0.25) is 0 Å². The van der Waals surface area contributed by atoms with Gasteiger partial charge in [0.15, 0.2) is 5.78 Å². The Morgan fingerprint density at radius 2 is 1.41 bits per heavy atom. The zero-order chi connectivity index (χ0) is 19.4. The van der Waals surface area contributed by atoms with Gasteiger partial charge in [-0.3, -0.25) is 9.59 Å². The van der Waals surface area contributed by atoms with Crippen molar-refractivity contribution in [3.05, 3.63) is 59.7 Å². The van der Waals surface area contributed by atoms with Crippen LogP contribution in [0.5, 0.6) is 5.75 Å². The molecule has 0 bridgehead atoms. The van der Waals surface area contributed by atoms with Crippen molar-refractivity contribution in [2.24, 2.45) is 0 Å². The monoisotopic (exact) mass is 366 g/mol. The number of ketones is 1. The Kier molecular flexibility index (Phi) is 5.79. The summed E-state index contributed by atoms with van der Waals surface area (Å²) in [4.78, 5) is 28.2. The minimum Gasteiger partial charge on any atom is -0.491 e. The quantitative estimate of drug-likeness (QED) is 0.758. The highest BCUT2D eigenvalue weighted by molar-refractivity contribution is 5.95. The SMILES string of the molecule is CC(=O)c1ccc(N2CCN(C(=O)c3ccc(OC(C)C)cc3)CC2)cc1. The van der Waals surface area contributed by atoms with Gasteiger partial charge >= 0.3 is 0 Å². The molecular formula is C22H26N2O3. The second-order valence-corrected chi connectivity index (χ2v) is 7.07. The number of hydrogen-bond donors (Lipinski definition) is 0. The van der Waals surface area contributed by atoms with Crippen LogP contribution in [0.15, 0.2) is 48.5 Å². The summed E-state index contributed by atoms with van der Waals surface area (Å²) < 4.78 is 5.63. The molecule has 2 aromatic carbocycles. The van der Waals surface area contributed by atoms with Gasteiger partial charge < -0.3 is 14.5 Å². The third kappa shape index (κ3) is 4.67. The zero-order valence-electron chi connectivity index (χ0n) is 16.1. The van der Waals surface area contributed by atoms with Crippen molar-refractivity contribution < 1.29 is 14.3 Å². The van der Waals surface area contributed by atoms with E-state index >= 15 is 0 Å². The number of Topliss-reactive ketones (excluding diaryl/α,β-unsaturated/α-hetero) is 1. The van der Waals surface area contributed by atoms with Crippen LogP contribution in [0.1, 0.15) is 41.5 Å². The molecule has 0 saturated carbocycles. The number of anilines is 1. The molecule has 1 fully saturated rings. The molecular weight excluding hydrogens is 340 g/mol. The van der Waals surface area contributed by atoms with Crippen molar-refractivity contribution in [2.75, 3.05) is 31.1 Å². The maximum Gasteiger partial charge on any atom is 0.253 e. The fraction of sp³-hybridized carbons (Fsp3) is 0.364. The number of rotatable bonds is 5. The van der Waals surface area contributed by atoms with Crippen LogP contribution >= 0.6 is 0 Å². The highest BCUT2D eigenvalue weighted by Crippen LogP contribution is 2.20. The van der Waals surface area contributed by atoms with Gasteiger partial charge in [-0.25, -0.2) is 0 Å². The highest BCUT2D eigenvalue weighted by Gasteiger charge is 2.22. The van der Waals surface area contributed by atoms with Crippen LogP contribution in [0.25, 0.3) is 0 Å². The first-order chi connectivity index (χ1) is 12.9. The summed E-state index contributed by atoms with van der Waals surface area (Å²) in [6.45, 7) is 8.44. The number of piperazine rings is 1. The minimum absolute atomic E-state index is 0.0534. The fourth-order valence-corrected chi connectivity index (χ4v) is 3.21. The fourth-order valence-electron chi connectivity index (χ4n) is 3.21. The first-order valence-electron chi connectivity index (χ1n) is 9.36. The lowest BCUT2D eigenvalue weighted by molar-refractivity contribution is 0.0746. The lowest BCUT2D eigenvalue weighted by Gasteiger charge is -2.36. The Hall–Kier alpha value is -2.82. The van der Waals surface area contributed by atoms with Gasteiger partial charge in [-0.05, 0) is 69.3 Å². The van der Waals surface area contributed by atoms with Gasteiger partial charge in [0.2, 0.25) is 0 Å². The summed E-state index contributed by atoms with van der Waals surface area (Å²) in [6.07, 6.45) is 0.115. The molecule has 0 unspecified atom stereocenters. The van der Waals surface area contributed by atoms with Gasteiger partial charge in [0.1, 0.15) is 5.75 Å². The van der Waals surface area contributed by atoms with E-state index in [2.05, 4.69) is 4.90 Å². The van der Waals surface area contributed by atoms with Gasteiger partial charge in [0.25, 0.3) is 5.91 Å². The van der Waals surface area contributed by atoms with Crippen molar-refractivity contribution in [3.8, 4) is 5.75 Å². The Morgan fingerprint density at radius 1 is 0.852 bits per heavy atom. The summed E-state index contributed by atoms with van der Waals surface area (Å²) in [5.41, 5.74) is 2.49. The molecule has 1 amide bonds. The maximum absolute atomic E-state index is 12.7. The summed E-state index contributed by atoms with van der Waals surface area (Å²) in [5.74, 6) is 0.903. The Labute approximate surface area is 160 Å². The number of nitrogens with zero attached hydrogens (tertiary/aromatic N) is 2. The highest BCUT2D eigenvalue weighted by atomic mass is 16.5. The molecule has 1 heterocycles. The van der Waals surface area contributed by atoms with Crippen LogP contribution in [0.3, 0.4) is 0 Å². The van der Waals surface area contributed by atoms with Crippen LogP contribution in [-0.2, 0) is 0 Å². The predicted octanol–water partition coefficient (Wildman–Crippen LogP) is 3.64. The molecule has 5 nitrogen and oxygen atoms in total. The largest absolute Gasteiger partial charge is 0.491 e. The van der Waals surface area contributed by atoms with Crippen LogP contribution < -0.4 is 9.64 Å². The molecule has 2 aromatic rings. The molecule has 0 atom stereocenters. The van der Waals surface area contributed by atoms with Gasteiger partial charge in [-0.1, -0.05) is 0 Å². The van der Waals surface area contributed by atoms with Crippen molar-refractivity contribution in [1.29, 1.82) is 0 Å². The smallest absolute Gasteiger partial charge is 0.253 e. The van der Waals surface area contributed by atoms with E-state index in [0.717, 1.165) is 30.1 Å². The zero-order valence-corrected chi connectivity index (χ0v) is 16.1. The molecule has 3 rings (SSSR count). The summed E-state index contributed by atoms with van der Waals surface area (Å²) in [7, 11) is 0. The predicted molar refractivity (Wildman–Crippen MR) is 107 cm³/mol. The number of amides is 1. The lowest BCUT2D eigenvalue weighted by atomic mass is 10.1. The van der Waals surface area contributed by atoms with Gasteiger partial charge in [0.05, 0.1) is 6.10 Å². The lowest BCUT2D eigenvalue weighted by Crippen LogP contribution is -2.48. The van der Waals surface area contributed by atoms with Crippen molar-refractivity contribution in [2.45, 2.75) is 26.9 Å². The average Bonchev–Trinajstić information content (AvgIpc) is 2.68. The summed E-state index contributed by atoms with van der Waals surface area (Å²) >= 11 is 0. The molecule has 142 valence electrons. The number of benzene rings is 2. The second-order valence-electron chi connectivity index (χ2n) is 7.07. The van der Waals surface area contributed by atoms with E-state index in [1.54, 1.807) is 6.92 Å². The molecule has 0 aliphatic carbocycles. The van der Waals surface area contributed by atoms with E-state index in [9.17, 15) is 9.59 Å². The van der Waals surface area contributed by atoms with Crippen molar-refractivity contribution >= 4 is 17.4 Å². The van der Waals surface area contributed by atoms with Gasteiger partial charge in [-0.2, -0.15) is 0 Å². The molecule has 5 heteroatoms. The molecule has 0 spiro atoms. The van der Waals surface area contributed by atoms with E-state index < -0.39 is 0 Å². The first-order valence-corrected chi connectivity index (χ1v) is 9.36. The van der Waals surface area contributed by atoms with E-state index in [-0.39, 0.29) is 17.8 Å². The Bertz CT molecular complexity index is 789. The van der Waals surface area contributed by atoms with Crippen LogP contribution in [0.4, 0.5) is 5.69 Å². The normalized spacial score (nSPS) is 14.4. The minimum atomic E-state index is 0.0534. The number of ether oxygens (including phenoxy) is 1. The standard InChI is InChI=1S/C22H26N2O3/c1-16(2)27-21-10-6-19(7-11-21)22(26)24-14-12-23(13-15-24)20-8-4-18(5-9-20)17(3)25/h4-11,16H,12-15H2,1-3H3. The summed E-state index contributed by atoms with van der Waals surface area (Å²) in [5, 5.41) is 0. The maximum atomic E-state index is 12.7. The van der Waals surface area contributed by atoms with Crippen LogP contribution in [0, 0.1) is 0 Å². The van der Waals surface area contributed by atoms with Crippen molar-refractivity contribution in [3.63, 3.8) is 0 Å². The Balaban J connectivity index is 1.58. The number of carbonyl (C=O) groups excluding carboxylic acids is 2. The molecule has 0 N–H and O–H groups in total. The topological polar surface area (TPSA) is 49.9 Å². The van der Waals surface area contributed by atoms with Gasteiger partial charge in [0, 0.05) is 43.0 Å². The van der Waals surface area contributed by atoms with E-state index in [1.807, 2.05) is 67.3 Å². The van der Waals surface area contributed by atoms with E-state index in [0.29, 0.717) is 18.7 Å². The average molecular weight is 366 g/mol. The molecule has 0 aromatic heterocycles. The van der Waals surface area contributed by atoms with Crippen LogP contribution in [-0.4, -0.2) is 48.9 Å². The molecule has 27 heavy (non-hydrogen) atoms. The third-order valence-electron chi connectivity index (χ3n) is 4.68. The number of hydrogen-bond acceptors (Lipinski definition) is 4. The van der Waals surface area contributed by atoms with E-state index in [1.165, 1.54) is 0 Å². The van der Waals surface area contributed by atoms with Crippen molar-refractivity contribution in [1.82, 2.24) is 4.90 Å².